The van der Waals surface area contributed by atoms with Gasteiger partial charge in [0.05, 0.1) is 8.48 Å². The molecule has 1 fully saturated rings. The first-order valence-corrected chi connectivity index (χ1v) is 8.10. The van der Waals surface area contributed by atoms with Crippen molar-refractivity contribution in [1.82, 2.24) is 4.90 Å². The summed E-state index contributed by atoms with van der Waals surface area (Å²) in [5.74, 6) is -0.611. The van der Waals surface area contributed by atoms with E-state index in [2.05, 4.69) is 27.6 Å². The Morgan fingerprint density at radius 3 is 2.82 bits per heavy atom. The van der Waals surface area contributed by atoms with Crippen molar-refractivity contribution in [2.75, 3.05) is 20.7 Å². The number of aliphatic carboxylic acids is 1. The van der Waals surface area contributed by atoms with Gasteiger partial charge in [0.25, 0.3) is 5.91 Å². The highest BCUT2D eigenvalue weighted by Crippen LogP contribution is 2.32. The van der Waals surface area contributed by atoms with Gasteiger partial charge < -0.3 is 9.84 Å². The molecule has 1 heterocycles. The maximum absolute atomic E-state index is 12.1. The van der Waals surface area contributed by atoms with Gasteiger partial charge in [0.15, 0.2) is 11.8 Å². The third-order valence-corrected chi connectivity index (χ3v) is 4.79. The molecule has 0 unspecified atom stereocenters. The summed E-state index contributed by atoms with van der Waals surface area (Å²) >= 11 is 3.39. The van der Waals surface area contributed by atoms with E-state index in [0.717, 1.165) is 9.13 Å². The van der Waals surface area contributed by atoms with Gasteiger partial charge in [-0.2, -0.15) is 0 Å². The number of hydrogen-bond donors (Lipinski definition) is 1. The van der Waals surface area contributed by atoms with Gasteiger partial charge in [-0.1, -0.05) is 6.07 Å². The molecule has 1 saturated heterocycles. The molecule has 1 N–H and O–H groups in total. The fraction of sp³-hybridized carbons (Fsp3) is 0.214. The maximum atomic E-state index is 12.1. The fourth-order valence-electron chi connectivity index (χ4n) is 1.76. The predicted octanol–water partition coefficient (Wildman–Crippen LogP) is 2.29. The number of aliphatic imine (C=N–C) groups is 1. The van der Waals surface area contributed by atoms with Crippen LogP contribution in [-0.4, -0.2) is 47.8 Å². The van der Waals surface area contributed by atoms with Gasteiger partial charge in [0, 0.05) is 14.1 Å². The van der Waals surface area contributed by atoms with E-state index in [1.165, 1.54) is 16.7 Å². The van der Waals surface area contributed by atoms with E-state index in [1.807, 2.05) is 6.07 Å². The van der Waals surface area contributed by atoms with Crippen LogP contribution in [0.5, 0.6) is 5.75 Å². The summed E-state index contributed by atoms with van der Waals surface area (Å²) in [5, 5.41) is 9.28. The number of rotatable bonds is 4. The zero-order valence-corrected chi connectivity index (χ0v) is 14.8. The van der Waals surface area contributed by atoms with Crippen LogP contribution in [-0.2, 0) is 9.59 Å². The first-order chi connectivity index (χ1) is 10.4. The molecule has 22 heavy (non-hydrogen) atoms. The number of carbonyl (C=O) groups is 2. The molecule has 0 atom stereocenters. The number of benzene rings is 1. The molecule has 0 radical (unpaired) electrons. The highest BCUT2D eigenvalue weighted by Gasteiger charge is 2.29. The predicted molar refractivity (Wildman–Crippen MR) is 94.0 cm³/mol. The van der Waals surface area contributed by atoms with Crippen molar-refractivity contribution in [2.24, 2.45) is 4.99 Å². The molecule has 1 amide bonds. The Morgan fingerprint density at radius 1 is 1.55 bits per heavy atom. The van der Waals surface area contributed by atoms with Crippen LogP contribution in [0.2, 0.25) is 0 Å². The Kier molecular flexibility index (Phi) is 5.46. The van der Waals surface area contributed by atoms with Crippen LogP contribution in [0.4, 0.5) is 0 Å². The van der Waals surface area contributed by atoms with Gasteiger partial charge in [0.2, 0.25) is 0 Å². The van der Waals surface area contributed by atoms with Gasteiger partial charge in [-0.3, -0.25) is 14.7 Å². The first kappa shape index (κ1) is 16.8. The van der Waals surface area contributed by atoms with Crippen LogP contribution in [0.3, 0.4) is 0 Å². The van der Waals surface area contributed by atoms with Crippen LogP contribution >= 0.6 is 34.4 Å². The number of halogens is 1. The standard InChI is InChI=1S/C14H13IN2O4S/c1-16-14-17(2)13(20)11(22-14)6-8-3-4-10(9(15)5-8)21-7-12(18)19/h3-6H,7H2,1-2H3,(H,18,19)/b11-6-,16-14?. The molecule has 0 saturated carbocycles. The van der Waals surface area contributed by atoms with Crippen LogP contribution in [0, 0.1) is 3.57 Å². The van der Waals surface area contributed by atoms with Gasteiger partial charge >= 0.3 is 5.97 Å². The summed E-state index contributed by atoms with van der Waals surface area (Å²) in [4.78, 5) is 28.7. The third kappa shape index (κ3) is 3.80. The molecule has 0 spiro atoms. The molecule has 116 valence electrons. The molecule has 1 aromatic carbocycles. The summed E-state index contributed by atoms with van der Waals surface area (Å²) in [5.41, 5.74) is 0.841. The van der Waals surface area contributed by atoms with Gasteiger partial charge in [-0.05, 0) is 58.1 Å². The average molecular weight is 432 g/mol. The third-order valence-electron chi connectivity index (χ3n) is 2.80. The van der Waals surface area contributed by atoms with Crippen molar-refractivity contribution in [3.05, 3.63) is 32.2 Å². The Balaban J connectivity index is 2.21. The Hall–Kier alpha value is -1.55. The van der Waals surface area contributed by atoms with E-state index < -0.39 is 5.97 Å². The number of carboxylic acid groups (broad SMARTS) is 1. The van der Waals surface area contributed by atoms with Crippen molar-refractivity contribution in [3.63, 3.8) is 0 Å². The number of carbonyl (C=O) groups excluding carboxylic acids is 1. The highest BCUT2D eigenvalue weighted by molar-refractivity contribution is 14.1. The second-order valence-electron chi connectivity index (χ2n) is 4.35. The van der Waals surface area contributed by atoms with Crippen LogP contribution in [0.25, 0.3) is 6.08 Å². The number of thioether (sulfide) groups is 1. The zero-order chi connectivity index (χ0) is 16.3. The maximum Gasteiger partial charge on any atom is 0.341 e. The molecule has 2 rings (SSSR count). The minimum atomic E-state index is -1.02. The quantitative estimate of drug-likeness (QED) is 0.584. The molecule has 0 aliphatic carbocycles. The van der Waals surface area contributed by atoms with Crippen molar-refractivity contribution >= 4 is 57.5 Å². The minimum absolute atomic E-state index is 0.0909. The highest BCUT2D eigenvalue weighted by atomic mass is 127. The molecular formula is C14H13IN2O4S. The molecule has 8 heteroatoms. The number of amides is 1. The SMILES string of the molecule is CN=C1S/C(=C\c2ccc(OCC(=O)O)c(I)c2)C(=O)N1C. The van der Waals surface area contributed by atoms with E-state index in [4.69, 9.17) is 9.84 Å². The van der Waals surface area contributed by atoms with Crippen LogP contribution in [0.1, 0.15) is 5.56 Å². The van der Waals surface area contributed by atoms with E-state index in [-0.39, 0.29) is 12.5 Å². The molecule has 0 bridgehead atoms. The van der Waals surface area contributed by atoms with Crippen molar-refractivity contribution in [3.8, 4) is 5.75 Å². The molecule has 6 nitrogen and oxygen atoms in total. The molecule has 1 aliphatic heterocycles. The molecule has 0 aromatic heterocycles. The number of carboxylic acids is 1. The lowest BCUT2D eigenvalue weighted by molar-refractivity contribution is -0.139. The lowest BCUT2D eigenvalue weighted by atomic mass is 10.2. The van der Waals surface area contributed by atoms with E-state index in [9.17, 15) is 9.59 Å². The van der Waals surface area contributed by atoms with Crippen molar-refractivity contribution in [1.29, 1.82) is 0 Å². The minimum Gasteiger partial charge on any atom is -0.481 e. The van der Waals surface area contributed by atoms with Crippen molar-refractivity contribution < 1.29 is 19.4 Å². The average Bonchev–Trinajstić information content (AvgIpc) is 2.74. The fourth-order valence-corrected chi connectivity index (χ4v) is 3.39. The van der Waals surface area contributed by atoms with Gasteiger partial charge in [-0.25, -0.2) is 4.79 Å². The second-order valence-corrected chi connectivity index (χ2v) is 6.52. The zero-order valence-electron chi connectivity index (χ0n) is 11.9. The first-order valence-electron chi connectivity index (χ1n) is 6.21. The summed E-state index contributed by atoms with van der Waals surface area (Å²) in [6.07, 6.45) is 1.78. The summed E-state index contributed by atoms with van der Waals surface area (Å²) in [6.45, 7) is -0.383. The van der Waals surface area contributed by atoms with Gasteiger partial charge in [-0.15, -0.1) is 0 Å². The number of hydrogen-bond acceptors (Lipinski definition) is 5. The Bertz CT molecular complexity index is 687. The van der Waals surface area contributed by atoms with E-state index in [1.54, 1.807) is 32.3 Å². The van der Waals surface area contributed by atoms with Gasteiger partial charge in [0.1, 0.15) is 5.75 Å². The molecule has 1 aliphatic rings. The normalized spacial score (nSPS) is 18.3. The summed E-state index contributed by atoms with van der Waals surface area (Å²) < 4.78 is 5.95. The van der Waals surface area contributed by atoms with Crippen LogP contribution < -0.4 is 4.74 Å². The number of ether oxygens (including phenoxy) is 1. The monoisotopic (exact) mass is 432 g/mol. The topological polar surface area (TPSA) is 79.2 Å². The summed E-state index contributed by atoms with van der Waals surface area (Å²) in [6, 6.07) is 5.31. The number of likely N-dealkylation sites (N-methyl/N-ethyl adjacent to an activating group) is 1. The lowest BCUT2D eigenvalue weighted by Gasteiger charge is -2.07. The summed E-state index contributed by atoms with van der Waals surface area (Å²) in [7, 11) is 3.33. The Labute approximate surface area is 145 Å². The molecule has 1 aromatic rings. The molecular weight excluding hydrogens is 419 g/mol. The number of nitrogens with zero attached hydrogens (tertiary/aromatic N) is 2. The lowest BCUT2D eigenvalue weighted by Crippen LogP contribution is -2.23. The Morgan fingerprint density at radius 2 is 2.27 bits per heavy atom. The van der Waals surface area contributed by atoms with E-state index in [0.29, 0.717) is 15.8 Å². The number of amidine groups is 1. The largest absolute Gasteiger partial charge is 0.481 e. The van der Waals surface area contributed by atoms with Crippen molar-refractivity contribution in [2.45, 2.75) is 0 Å². The van der Waals surface area contributed by atoms with Crippen LogP contribution in [0.15, 0.2) is 28.1 Å². The smallest absolute Gasteiger partial charge is 0.341 e. The van der Waals surface area contributed by atoms with E-state index >= 15 is 0 Å². The second kappa shape index (κ2) is 7.14.